The molecule has 0 aromatic heterocycles. The Labute approximate surface area is 108 Å². The fraction of sp³-hybridized carbons (Fsp3) is 0.455. The van der Waals surface area contributed by atoms with Gasteiger partial charge in [0.05, 0.1) is 0 Å². The summed E-state index contributed by atoms with van der Waals surface area (Å²) in [5, 5.41) is -4.20. The van der Waals surface area contributed by atoms with Crippen LogP contribution in [0.15, 0.2) is 29.2 Å². The quantitative estimate of drug-likeness (QED) is 0.427. The van der Waals surface area contributed by atoms with Gasteiger partial charge in [0.1, 0.15) is 13.9 Å². The van der Waals surface area contributed by atoms with Crippen molar-refractivity contribution in [3.8, 4) is 0 Å². The number of hydrogen-bond acceptors (Lipinski definition) is 1. The lowest BCUT2D eigenvalue weighted by Crippen LogP contribution is -2.55. The molecule has 0 atom stereocenters. The number of hydrogen-bond donors (Lipinski definition) is 0. The minimum absolute atomic E-state index is 0.0840. The first-order chi connectivity index (χ1) is 7.97. The molecule has 0 fully saturated rings. The highest BCUT2D eigenvalue weighted by molar-refractivity contribution is 8.00. The summed E-state index contributed by atoms with van der Waals surface area (Å²) >= 11 is -0.227. The van der Waals surface area contributed by atoms with E-state index in [0.717, 1.165) is 24.3 Å². The van der Waals surface area contributed by atoms with Gasteiger partial charge in [0.2, 0.25) is 0 Å². The predicted octanol–water partition coefficient (Wildman–Crippen LogP) is 5.02. The zero-order valence-electron chi connectivity index (χ0n) is 10.1. The van der Waals surface area contributed by atoms with Crippen molar-refractivity contribution in [3.05, 3.63) is 30.1 Å². The van der Waals surface area contributed by atoms with Crippen LogP contribution in [0.4, 0.5) is 22.0 Å². The second-order valence-corrected chi connectivity index (χ2v) is 11.2. The van der Waals surface area contributed by atoms with Crippen LogP contribution in [0, 0.1) is 5.82 Å². The third kappa shape index (κ3) is 3.06. The van der Waals surface area contributed by atoms with Crippen LogP contribution >= 0.6 is 11.8 Å². The molecule has 102 valence electrons. The van der Waals surface area contributed by atoms with Crippen LogP contribution in [-0.4, -0.2) is 18.9 Å². The zero-order valence-corrected chi connectivity index (χ0v) is 11.9. The van der Waals surface area contributed by atoms with Crippen molar-refractivity contribution in [1.29, 1.82) is 0 Å². The standard InChI is InChI=1S/C11H13F5SSi/c1-18(2,3)11(15,16)10(13,14)17-9-6-4-8(12)5-7-9/h4-7H,1-3H3. The van der Waals surface area contributed by atoms with E-state index in [-0.39, 0.29) is 16.7 Å². The van der Waals surface area contributed by atoms with Crippen molar-refractivity contribution < 1.29 is 22.0 Å². The van der Waals surface area contributed by atoms with Gasteiger partial charge in [-0.25, -0.2) is 13.2 Å². The summed E-state index contributed by atoms with van der Waals surface area (Å²) < 4.78 is 67.3. The van der Waals surface area contributed by atoms with Crippen molar-refractivity contribution in [1.82, 2.24) is 0 Å². The molecule has 0 bridgehead atoms. The van der Waals surface area contributed by atoms with E-state index in [9.17, 15) is 22.0 Å². The molecule has 1 aromatic rings. The molecule has 7 heteroatoms. The summed E-state index contributed by atoms with van der Waals surface area (Å²) in [5.41, 5.74) is -4.04. The SMILES string of the molecule is C[Si](C)(C)C(F)(F)C(F)(F)Sc1ccc(F)cc1. The Kier molecular flexibility index (Phi) is 4.17. The molecule has 0 heterocycles. The van der Waals surface area contributed by atoms with E-state index in [4.69, 9.17) is 0 Å². The molecule has 0 N–H and O–H groups in total. The van der Waals surface area contributed by atoms with E-state index in [0.29, 0.717) is 0 Å². The lowest BCUT2D eigenvalue weighted by atomic mass is 10.4. The van der Waals surface area contributed by atoms with Crippen LogP contribution in [0.25, 0.3) is 0 Å². The van der Waals surface area contributed by atoms with E-state index in [1.807, 2.05) is 0 Å². The van der Waals surface area contributed by atoms with Gasteiger partial charge in [-0.15, -0.1) is 0 Å². The van der Waals surface area contributed by atoms with Crippen LogP contribution in [0.3, 0.4) is 0 Å². The third-order valence-electron chi connectivity index (χ3n) is 2.37. The Morgan fingerprint density at radius 1 is 0.944 bits per heavy atom. The lowest BCUT2D eigenvalue weighted by Gasteiger charge is -2.34. The molecule has 0 spiro atoms. The molecule has 0 saturated carbocycles. The maximum Gasteiger partial charge on any atom is 0.356 e. The highest BCUT2D eigenvalue weighted by Gasteiger charge is 2.64. The molecule has 0 aliphatic carbocycles. The largest absolute Gasteiger partial charge is 0.356 e. The van der Waals surface area contributed by atoms with Crippen LogP contribution in [0.2, 0.25) is 19.6 Å². The molecule has 1 aromatic carbocycles. The van der Waals surface area contributed by atoms with Gasteiger partial charge in [0, 0.05) is 4.90 Å². The first-order valence-corrected chi connectivity index (χ1v) is 9.49. The van der Waals surface area contributed by atoms with Gasteiger partial charge in [0.25, 0.3) is 5.55 Å². The molecule has 0 aliphatic rings. The maximum atomic E-state index is 13.7. The second kappa shape index (κ2) is 4.84. The number of alkyl halides is 4. The van der Waals surface area contributed by atoms with Gasteiger partial charge in [-0.3, -0.25) is 0 Å². The molecule has 0 aliphatic heterocycles. The summed E-state index contributed by atoms with van der Waals surface area (Å²) in [6.45, 7) is 3.56. The van der Waals surface area contributed by atoms with Crippen molar-refractivity contribution in [2.45, 2.75) is 35.3 Å². The Balaban J connectivity index is 2.97. The Hall–Kier alpha value is -0.563. The van der Waals surface area contributed by atoms with Gasteiger partial charge in [-0.05, 0) is 36.0 Å². The predicted molar refractivity (Wildman–Crippen MR) is 65.5 cm³/mol. The van der Waals surface area contributed by atoms with Crippen LogP contribution in [0.1, 0.15) is 0 Å². The van der Waals surface area contributed by atoms with E-state index in [1.54, 1.807) is 0 Å². The van der Waals surface area contributed by atoms with Gasteiger partial charge < -0.3 is 0 Å². The zero-order chi connectivity index (χ0) is 14.2. The van der Waals surface area contributed by atoms with E-state index in [1.165, 1.54) is 19.6 Å². The highest BCUT2D eigenvalue weighted by atomic mass is 32.2. The Morgan fingerprint density at radius 3 is 1.78 bits per heavy atom. The van der Waals surface area contributed by atoms with E-state index >= 15 is 0 Å². The lowest BCUT2D eigenvalue weighted by molar-refractivity contribution is -0.0985. The van der Waals surface area contributed by atoms with Crippen LogP contribution < -0.4 is 0 Å². The molecule has 1 rings (SSSR count). The summed E-state index contributed by atoms with van der Waals surface area (Å²) in [6.07, 6.45) is 0. The van der Waals surface area contributed by atoms with E-state index < -0.39 is 24.7 Å². The normalized spacial score (nSPS) is 13.8. The molecular weight excluding hydrogens is 287 g/mol. The summed E-state index contributed by atoms with van der Waals surface area (Å²) in [4.78, 5) is -0.0840. The van der Waals surface area contributed by atoms with Gasteiger partial charge in [-0.1, -0.05) is 19.6 Å². The van der Waals surface area contributed by atoms with E-state index in [2.05, 4.69) is 0 Å². The minimum Gasteiger partial charge on any atom is -0.207 e. The number of halogens is 5. The van der Waals surface area contributed by atoms with Crippen molar-refractivity contribution in [3.63, 3.8) is 0 Å². The fourth-order valence-electron chi connectivity index (χ4n) is 1.15. The topological polar surface area (TPSA) is 0 Å². The van der Waals surface area contributed by atoms with Crippen molar-refractivity contribution >= 4 is 19.8 Å². The highest BCUT2D eigenvalue weighted by Crippen LogP contribution is 2.50. The smallest absolute Gasteiger partial charge is 0.207 e. The van der Waals surface area contributed by atoms with Gasteiger partial charge in [0.15, 0.2) is 0 Å². The monoisotopic (exact) mass is 300 g/mol. The summed E-state index contributed by atoms with van der Waals surface area (Å²) in [7, 11) is -3.36. The first-order valence-electron chi connectivity index (χ1n) is 5.17. The number of benzene rings is 1. The van der Waals surface area contributed by atoms with Gasteiger partial charge in [-0.2, -0.15) is 8.78 Å². The van der Waals surface area contributed by atoms with Crippen LogP contribution in [0.5, 0.6) is 0 Å². The molecule has 0 unspecified atom stereocenters. The first kappa shape index (κ1) is 15.5. The summed E-state index contributed by atoms with van der Waals surface area (Å²) in [6, 6.07) is 4.05. The van der Waals surface area contributed by atoms with Crippen LogP contribution in [-0.2, 0) is 0 Å². The maximum absolute atomic E-state index is 13.7. The number of thioether (sulfide) groups is 1. The molecule has 0 nitrogen and oxygen atoms in total. The molecule has 0 amide bonds. The average molecular weight is 300 g/mol. The molecule has 18 heavy (non-hydrogen) atoms. The second-order valence-electron chi connectivity index (χ2n) is 4.90. The van der Waals surface area contributed by atoms with Gasteiger partial charge >= 0.3 is 5.25 Å². The fourth-order valence-corrected chi connectivity index (χ4v) is 3.79. The minimum atomic E-state index is -4.20. The Morgan fingerprint density at radius 2 is 1.39 bits per heavy atom. The molecular formula is C11H13F5SSi. The van der Waals surface area contributed by atoms with Crippen molar-refractivity contribution in [2.24, 2.45) is 0 Å². The summed E-state index contributed by atoms with van der Waals surface area (Å²) in [5.74, 6) is -0.598. The third-order valence-corrected chi connectivity index (χ3v) is 5.77. The van der Waals surface area contributed by atoms with Crippen molar-refractivity contribution in [2.75, 3.05) is 0 Å². The average Bonchev–Trinajstić information content (AvgIpc) is 2.19. The Bertz CT molecular complexity index is 410. The number of rotatable bonds is 4. The molecule has 0 radical (unpaired) electrons. The molecule has 0 saturated heterocycles.